The summed E-state index contributed by atoms with van der Waals surface area (Å²) in [5, 5.41) is 3.49. The Morgan fingerprint density at radius 3 is 2.94 bits per heavy atom. The van der Waals surface area contributed by atoms with Crippen LogP contribution >= 0.6 is 0 Å². The van der Waals surface area contributed by atoms with E-state index in [1.54, 1.807) is 7.11 Å². The molecule has 0 spiro atoms. The maximum absolute atomic E-state index is 5.23. The Morgan fingerprint density at radius 2 is 2.22 bits per heavy atom. The van der Waals surface area contributed by atoms with Gasteiger partial charge >= 0.3 is 0 Å². The van der Waals surface area contributed by atoms with Crippen molar-refractivity contribution in [2.75, 3.05) is 37.0 Å². The summed E-state index contributed by atoms with van der Waals surface area (Å²) in [6.45, 7) is 7.30. The molecule has 1 aromatic carbocycles. The van der Waals surface area contributed by atoms with Crippen LogP contribution in [-0.4, -0.2) is 32.8 Å². The Hall–Kier alpha value is -1.22. The van der Waals surface area contributed by atoms with Gasteiger partial charge in [0.2, 0.25) is 0 Å². The lowest BCUT2D eigenvalue weighted by Gasteiger charge is -2.33. The first kappa shape index (κ1) is 13.2. The fourth-order valence-electron chi connectivity index (χ4n) is 2.61. The van der Waals surface area contributed by atoms with Crippen LogP contribution in [0, 0.1) is 0 Å². The number of ether oxygens (including phenoxy) is 1. The van der Waals surface area contributed by atoms with E-state index in [2.05, 4.69) is 42.3 Å². The maximum atomic E-state index is 5.23. The van der Waals surface area contributed by atoms with Gasteiger partial charge in [-0.2, -0.15) is 0 Å². The number of nitrogens with zero attached hydrogens (tertiary/aromatic N) is 1. The van der Waals surface area contributed by atoms with Crippen molar-refractivity contribution < 1.29 is 4.74 Å². The molecule has 1 heterocycles. The molecule has 0 atom stereocenters. The average molecular weight is 248 g/mol. The minimum atomic E-state index is 0.494. The highest BCUT2D eigenvalue weighted by Crippen LogP contribution is 2.32. The number of fused-ring (bicyclic) bond motifs is 1. The highest BCUT2D eigenvalue weighted by atomic mass is 16.5. The van der Waals surface area contributed by atoms with Crippen molar-refractivity contribution in [3.8, 4) is 0 Å². The van der Waals surface area contributed by atoms with Gasteiger partial charge in [0.05, 0.1) is 6.61 Å². The van der Waals surface area contributed by atoms with Crippen LogP contribution in [0.5, 0.6) is 0 Å². The van der Waals surface area contributed by atoms with Crippen molar-refractivity contribution in [1.29, 1.82) is 0 Å². The van der Waals surface area contributed by atoms with Crippen LogP contribution in [0.25, 0.3) is 0 Å². The van der Waals surface area contributed by atoms with Gasteiger partial charge < -0.3 is 15.0 Å². The number of rotatable bonds is 5. The van der Waals surface area contributed by atoms with Gasteiger partial charge in [-0.3, -0.25) is 0 Å². The van der Waals surface area contributed by atoms with Crippen LogP contribution in [0.4, 0.5) is 11.4 Å². The van der Waals surface area contributed by atoms with E-state index in [4.69, 9.17) is 4.74 Å². The summed E-state index contributed by atoms with van der Waals surface area (Å²) in [7, 11) is 1.76. The van der Waals surface area contributed by atoms with Gasteiger partial charge in [0.1, 0.15) is 0 Å². The fraction of sp³-hybridized carbons (Fsp3) is 0.600. The summed E-state index contributed by atoms with van der Waals surface area (Å²) < 4.78 is 5.23. The van der Waals surface area contributed by atoms with Crippen molar-refractivity contribution in [3.63, 3.8) is 0 Å². The fourth-order valence-corrected chi connectivity index (χ4v) is 2.61. The quantitative estimate of drug-likeness (QED) is 0.867. The summed E-state index contributed by atoms with van der Waals surface area (Å²) in [6.07, 6.45) is 2.40. The molecule has 1 aliphatic rings. The molecule has 1 N–H and O–H groups in total. The third-order valence-electron chi connectivity index (χ3n) is 3.54. The minimum absolute atomic E-state index is 0.494. The molecule has 3 heteroatoms. The number of nitrogens with one attached hydrogen (secondary N) is 1. The van der Waals surface area contributed by atoms with Crippen LogP contribution in [0.2, 0.25) is 0 Å². The summed E-state index contributed by atoms with van der Waals surface area (Å²) in [4.78, 5) is 2.44. The monoisotopic (exact) mass is 248 g/mol. The smallest absolute Gasteiger partial charge is 0.0637 e. The van der Waals surface area contributed by atoms with Gasteiger partial charge in [-0.15, -0.1) is 0 Å². The molecule has 3 nitrogen and oxygen atoms in total. The zero-order valence-electron chi connectivity index (χ0n) is 11.7. The first-order chi connectivity index (χ1) is 8.74. The van der Waals surface area contributed by atoms with E-state index in [0.717, 1.165) is 19.7 Å². The third-order valence-corrected chi connectivity index (χ3v) is 3.54. The van der Waals surface area contributed by atoms with Crippen LogP contribution in [-0.2, 0) is 11.2 Å². The molecule has 0 saturated carbocycles. The van der Waals surface area contributed by atoms with Crippen molar-refractivity contribution in [1.82, 2.24) is 0 Å². The molecule has 0 aromatic heterocycles. The molecule has 0 saturated heterocycles. The van der Waals surface area contributed by atoms with Crippen LogP contribution in [0.15, 0.2) is 18.2 Å². The predicted molar refractivity (Wildman–Crippen MR) is 77.6 cm³/mol. The van der Waals surface area contributed by atoms with Crippen molar-refractivity contribution in [3.05, 3.63) is 23.8 Å². The van der Waals surface area contributed by atoms with Crippen LogP contribution in [0.3, 0.4) is 0 Å². The van der Waals surface area contributed by atoms with E-state index in [1.165, 1.54) is 29.8 Å². The normalized spacial score (nSPS) is 14.2. The molecule has 0 radical (unpaired) electrons. The molecule has 18 heavy (non-hydrogen) atoms. The lowest BCUT2D eigenvalue weighted by atomic mass is 10.00. The highest BCUT2D eigenvalue weighted by Gasteiger charge is 2.18. The van der Waals surface area contributed by atoms with Gasteiger partial charge in [0, 0.05) is 37.6 Å². The molecular weight excluding hydrogens is 224 g/mol. The molecule has 0 bridgehead atoms. The molecule has 2 rings (SSSR count). The predicted octanol–water partition coefficient (Wildman–Crippen LogP) is 2.91. The zero-order valence-corrected chi connectivity index (χ0v) is 11.7. The number of hydrogen-bond donors (Lipinski definition) is 1. The molecule has 0 aliphatic carbocycles. The molecule has 0 amide bonds. The van der Waals surface area contributed by atoms with Gasteiger partial charge in [-0.1, -0.05) is 6.07 Å². The number of methoxy groups -OCH3 is 1. The summed E-state index contributed by atoms with van der Waals surface area (Å²) in [6, 6.07) is 7.07. The van der Waals surface area contributed by atoms with Gasteiger partial charge in [0.25, 0.3) is 0 Å². The Balaban J connectivity index is 2.29. The van der Waals surface area contributed by atoms with Crippen molar-refractivity contribution in [2.24, 2.45) is 0 Å². The average Bonchev–Trinajstić information content (AvgIpc) is 2.39. The molecule has 1 aliphatic heterocycles. The second-order valence-electron chi connectivity index (χ2n) is 5.11. The van der Waals surface area contributed by atoms with Crippen molar-refractivity contribution in [2.45, 2.75) is 32.7 Å². The molecular formula is C15H24N2O. The Morgan fingerprint density at radius 1 is 1.39 bits per heavy atom. The first-order valence-electron chi connectivity index (χ1n) is 6.85. The number of anilines is 2. The first-order valence-corrected chi connectivity index (χ1v) is 6.85. The zero-order chi connectivity index (χ0) is 13.0. The van der Waals surface area contributed by atoms with E-state index < -0.39 is 0 Å². The lowest BCUT2D eigenvalue weighted by molar-refractivity contribution is 0.204. The van der Waals surface area contributed by atoms with Gasteiger partial charge in [0.15, 0.2) is 0 Å². The lowest BCUT2D eigenvalue weighted by Crippen LogP contribution is -2.35. The van der Waals surface area contributed by atoms with Crippen LogP contribution < -0.4 is 10.2 Å². The minimum Gasteiger partial charge on any atom is -0.385 e. The standard InChI is InChI=1S/C15H24N2O/c1-12(2)17(10-11-18-3)15-8-4-7-14-13(15)6-5-9-16-14/h4,7-8,12,16H,5-6,9-11H2,1-3H3. The second-order valence-corrected chi connectivity index (χ2v) is 5.11. The van der Waals surface area contributed by atoms with Gasteiger partial charge in [-0.05, 0) is 44.4 Å². The number of benzene rings is 1. The second kappa shape index (κ2) is 6.10. The van der Waals surface area contributed by atoms with E-state index in [-0.39, 0.29) is 0 Å². The summed E-state index contributed by atoms with van der Waals surface area (Å²) >= 11 is 0. The topological polar surface area (TPSA) is 24.5 Å². The molecule has 1 aromatic rings. The van der Waals surface area contributed by atoms with Crippen LogP contribution in [0.1, 0.15) is 25.8 Å². The molecule has 100 valence electrons. The molecule has 0 unspecified atom stereocenters. The summed E-state index contributed by atoms with van der Waals surface area (Å²) in [5.74, 6) is 0. The largest absolute Gasteiger partial charge is 0.385 e. The third kappa shape index (κ3) is 2.78. The van der Waals surface area contributed by atoms with E-state index >= 15 is 0 Å². The van der Waals surface area contributed by atoms with E-state index in [1.807, 2.05) is 0 Å². The number of hydrogen-bond acceptors (Lipinski definition) is 3. The molecule has 0 fully saturated rings. The van der Waals surface area contributed by atoms with E-state index in [9.17, 15) is 0 Å². The van der Waals surface area contributed by atoms with Crippen molar-refractivity contribution >= 4 is 11.4 Å². The Kier molecular flexibility index (Phi) is 4.48. The Bertz CT molecular complexity index is 390. The van der Waals surface area contributed by atoms with E-state index in [0.29, 0.717) is 6.04 Å². The highest BCUT2D eigenvalue weighted by molar-refractivity contribution is 5.68. The SMILES string of the molecule is COCCN(c1cccc2c1CCCN2)C(C)C. The maximum Gasteiger partial charge on any atom is 0.0637 e. The summed E-state index contributed by atoms with van der Waals surface area (Å²) in [5.41, 5.74) is 4.14. The van der Waals surface area contributed by atoms with Gasteiger partial charge in [-0.25, -0.2) is 0 Å². The Labute approximate surface area is 110 Å².